The predicted molar refractivity (Wildman–Crippen MR) is 76.3 cm³/mol. The number of hydrogen-bond donors (Lipinski definition) is 1. The van der Waals surface area contributed by atoms with Crippen LogP contribution in [0.5, 0.6) is 0 Å². The number of aromatic nitrogens is 3. The molecule has 0 spiro atoms. The van der Waals surface area contributed by atoms with Crippen molar-refractivity contribution in [1.82, 2.24) is 14.8 Å². The van der Waals surface area contributed by atoms with Gasteiger partial charge in [0.2, 0.25) is 0 Å². The van der Waals surface area contributed by atoms with E-state index in [-0.39, 0.29) is 0 Å². The second-order valence-electron chi connectivity index (χ2n) is 4.55. The van der Waals surface area contributed by atoms with Crippen LogP contribution < -0.4 is 0 Å². The predicted octanol–water partition coefficient (Wildman–Crippen LogP) is 3.70. The molecule has 1 N–H and O–H groups in total. The van der Waals surface area contributed by atoms with Crippen LogP contribution in [0, 0.1) is 4.77 Å². The van der Waals surface area contributed by atoms with Crippen molar-refractivity contribution in [2.75, 3.05) is 0 Å². The van der Waals surface area contributed by atoms with E-state index in [2.05, 4.69) is 58.9 Å². The molecule has 0 aliphatic carbocycles. The molecule has 1 heterocycles. The number of hydrogen-bond acceptors (Lipinski definition) is 2. The SMILES string of the molecule is CCc1n[nH]c(=S)n1CCC(C)c1ccccc1. The topological polar surface area (TPSA) is 33.6 Å². The highest BCUT2D eigenvalue weighted by Crippen LogP contribution is 2.19. The van der Waals surface area contributed by atoms with Crippen LogP contribution >= 0.6 is 12.2 Å². The molecule has 0 saturated carbocycles. The Morgan fingerprint density at radius 3 is 2.72 bits per heavy atom. The summed E-state index contributed by atoms with van der Waals surface area (Å²) >= 11 is 5.25. The van der Waals surface area contributed by atoms with Gasteiger partial charge < -0.3 is 4.57 Å². The van der Waals surface area contributed by atoms with Crippen molar-refractivity contribution in [1.29, 1.82) is 0 Å². The molecule has 1 atom stereocenters. The largest absolute Gasteiger partial charge is 0.304 e. The van der Waals surface area contributed by atoms with Gasteiger partial charge in [0.15, 0.2) is 4.77 Å². The molecule has 0 aliphatic rings. The number of aromatic amines is 1. The molecule has 4 heteroatoms. The average Bonchev–Trinajstić information content (AvgIpc) is 2.77. The van der Waals surface area contributed by atoms with Crippen molar-refractivity contribution in [2.24, 2.45) is 0 Å². The van der Waals surface area contributed by atoms with Gasteiger partial charge in [0.25, 0.3) is 0 Å². The number of nitrogens with one attached hydrogen (secondary N) is 1. The lowest BCUT2D eigenvalue weighted by Gasteiger charge is -2.12. The van der Waals surface area contributed by atoms with Crippen molar-refractivity contribution in [3.63, 3.8) is 0 Å². The first-order chi connectivity index (χ1) is 8.72. The second kappa shape index (κ2) is 5.96. The van der Waals surface area contributed by atoms with E-state index in [0.717, 1.165) is 30.0 Å². The Kier molecular flexibility index (Phi) is 4.31. The zero-order valence-electron chi connectivity index (χ0n) is 10.9. The van der Waals surface area contributed by atoms with Crippen LogP contribution in [0.2, 0.25) is 0 Å². The lowest BCUT2D eigenvalue weighted by Crippen LogP contribution is -2.06. The van der Waals surface area contributed by atoms with Gasteiger partial charge in [0.1, 0.15) is 5.82 Å². The van der Waals surface area contributed by atoms with E-state index in [1.54, 1.807) is 0 Å². The Morgan fingerprint density at radius 1 is 1.33 bits per heavy atom. The smallest absolute Gasteiger partial charge is 0.195 e. The van der Waals surface area contributed by atoms with Crippen LogP contribution in [0.15, 0.2) is 30.3 Å². The first-order valence-electron chi connectivity index (χ1n) is 6.41. The molecule has 2 rings (SSSR count). The highest BCUT2D eigenvalue weighted by Gasteiger charge is 2.08. The first-order valence-corrected chi connectivity index (χ1v) is 6.82. The number of rotatable bonds is 5. The average molecular weight is 261 g/mol. The van der Waals surface area contributed by atoms with Gasteiger partial charge in [-0.2, -0.15) is 5.10 Å². The maximum absolute atomic E-state index is 5.25. The van der Waals surface area contributed by atoms with Crippen LogP contribution in [-0.2, 0) is 13.0 Å². The van der Waals surface area contributed by atoms with Gasteiger partial charge in [0, 0.05) is 13.0 Å². The summed E-state index contributed by atoms with van der Waals surface area (Å²) in [5, 5.41) is 7.10. The molecule has 0 aliphatic heterocycles. The lowest BCUT2D eigenvalue weighted by molar-refractivity contribution is 0.555. The van der Waals surface area contributed by atoms with Crippen LogP contribution in [0.4, 0.5) is 0 Å². The minimum Gasteiger partial charge on any atom is -0.304 e. The molecule has 96 valence electrons. The molecule has 18 heavy (non-hydrogen) atoms. The molecule has 0 saturated heterocycles. The number of H-pyrrole nitrogens is 1. The quantitative estimate of drug-likeness (QED) is 0.833. The molecule has 1 aromatic heterocycles. The van der Waals surface area contributed by atoms with Gasteiger partial charge in [-0.05, 0) is 30.1 Å². The zero-order valence-corrected chi connectivity index (χ0v) is 11.7. The van der Waals surface area contributed by atoms with Crippen LogP contribution in [0.25, 0.3) is 0 Å². The zero-order chi connectivity index (χ0) is 13.0. The van der Waals surface area contributed by atoms with Crippen LogP contribution in [-0.4, -0.2) is 14.8 Å². The minimum atomic E-state index is 0.535. The molecule has 0 bridgehead atoms. The fourth-order valence-electron chi connectivity index (χ4n) is 2.12. The summed E-state index contributed by atoms with van der Waals surface area (Å²) in [6, 6.07) is 10.6. The minimum absolute atomic E-state index is 0.535. The highest BCUT2D eigenvalue weighted by atomic mass is 32.1. The fourth-order valence-corrected chi connectivity index (χ4v) is 2.36. The summed E-state index contributed by atoms with van der Waals surface area (Å²) in [5.74, 6) is 1.58. The monoisotopic (exact) mass is 261 g/mol. The van der Waals surface area contributed by atoms with E-state index in [1.807, 2.05) is 0 Å². The van der Waals surface area contributed by atoms with Crippen molar-refractivity contribution in [3.05, 3.63) is 46.5 Å². The Morgan fingerprint density at radius 2 is 2.06 bits per heavy atom. The molecule has 0 fully saturated rings. The van der Waals surface area contributed by atoms with E-state index in [9.17, 15) is 0 Å². The third-order valence-electron chi connectivity index (χ3n) is 3.31. The summed E-state index contributed by atoms with van der Waals surface area (Å²) < 4.78 is 2.83. The molecule has 3 nitrogen and oxygen atoms in total. The Hall–Kier alpha value is -1.42. The third-order valence-corrected chi connectivity index (χ3v) is 3.62. The van der Waals surface area contributed by atoms with Gasteiger partial charge >= 0.3 is 0 Å². The van der Waals surface area contributed by atoms with Crippen molar-refractivity contribution in [3.8, 4) is 0 Å². The third kappa shape index (κ3) is 2.88. The normalized spacial score (nSPS) is 12.6. The molecule has 1 unspecified atom stereocenters. The van der Waals surface area contributed by atoms with Crippen molar-refractivity contribution in [2.45, 2.75) is 39.2 Å². The van der Waals surface area contributed by atoms with Crippen LogP contribution in [0.1, 0.15) is 37.6 Å². The van der Waals surface area contributed by atoms with Crippen molar-refractivity contribution < 1.29 is 0 Å². The number of nitrogens with zero attached hydrogens (tertiary/aromatic N) is 2. The Labute approximate surface area is 113 Å². The van der Waals surface area contributed by atoms with E-state index in [4.69, 9.17) is 12.2 Å². The van der Waals surface area contributed by atoms with E-state index >= 15 is 0 Å². The van der Waals surface area contributed by atoms with Gasteiger partial charge in [-0.3, -0.25) is 5.10 Å². The summed E-state index contributed by atoms with van der Waals surface area (Å²) in [6.07, 6.45) is 1.98. The van der Waals surface area contributed by atoms with Gasteiger partial charge in [-0.25, -0.2) is 0 Å². The Bertz CT molecular complexity index is 542. The summed E-state index contributed by atoms with van der Waals surface area (Å²) in [7, 11) is 0. The number of aryl methyl sites for hydroxylation is 1. The lowest BCUT2D eigenvalue weighted by atomic mass is 9.98. The molecule has 2 aromatic rings. The van der Waals surface area contributed by atoms with Gasteiger partial charge in [0.05, 0.1) is 0 Å². The maximum Gasteiger partial charge on any atom is 0.195 e. The molecule has 1 aromatic carbocycles. The summed E-state index contributed by atoms with van der Waals surface area (Å²) in [6.45, 7) is 5.28. The summed E-state index contributed by atoms with van der Waals surface area (Å²) in [5.41, 5.74) is 1.38. The van der Waals surface area contributed by atoms with Crippen molar-refractivity contribution >= 4 is 12.2 Å². The van der Waals surface area contributed by atoms with E-state index in [1.165, 1.54) is 5.56 Å². The highest BCUT2D eigenvalue weighted by molar-refractivity contribution is 7.71. The number of benzene rings is 1. The molecular formula is C14H19N3S. The van der Waals surface area contributed by atoms with E-state index < -0.39 is 0 Å². The Balaban J connectivity index is 2.04. The molecule has 0 amide bonds. The molecular weight excluding hydrogens is 242 g/mol. The fraction of sp³-hybridized carbons (Fsp3) is 0.429. The van der Waals surface area contributed by atoms with Gasteiger partial charge in [-0.1, -0.05) is 44.2 Å². The first kappa shape index (κ1) is 13.0. The van der Waals surface area contributed by atoms with Crippen LogP contribution in [0.3, 0.4) is 0 Å². The van der Waals surface area contributed by atoms with E-state index in [0.29, 0.717) is 5.92 Å². The standard InChI is InChI=1S/C14H19N3S/c1-3-13-15-16-14(18)17(13)10-9-11(2)12-7-5-4-6-8-12/h4-8,11H,3,9-10H2,1-2H3,(H,16,18). The maximum atomic E-state index is 5.25. The second-order valence-corrected chi connectivity index (χ2v) is 4.94. The summed E-state index contributed by atoms with van der Waals surface area (Å²) in [4.78, 5) is 0. The molecule has 0 radical (unpaired) electrons. The van der Waals surface area contributed by atoms with Gasteiger partial charge in [-0.15, -0.1) is 0 Å².